The lowest BCUT2D eigenvalue weighted by molar-refractivity contribution is 0.592. The van der Waals surface area contributed by atoms with Crippen LogP contribution in [0.3, 0.4) is 0 Å². The fraction of sp³-hybridized carbons (Fsp3) is 0.750. The predicted molar refractivity (Wildman–Crippen MR) is 74.5 cm³/mol. The van der Waals surface area contributed by atoms with Gasteiger partial charge in [0.2, 0.25) is 0 Å². The van der Waals surface area contributed by atoms with Crippen LogP contribution in [-0.2, 0) is 0 Å². The summed E-state index contributed by atoms with van der Waals surface area (Å²) in [5.74, 6) is 0. The second-order valence-corrected chi connectivity index (χ2v) is 4.46. The van der Waals surface area contributed by atoms with Gasteiger partial charge in [-0.2, -0.15) is 0 Å². The molecule has 0 aliphatic carbocycles. The Bertz CT molecular complexity index is 165. The third-order valence-corrected chi connectivity index (χ3v) is 2.72. The van der Waals surface area contributed by atoms with E-state index < -0.39 is 0 Å². The summed E-state index contributed by atoms with van der Waals surface area (Å²) in [7, 11) is 0. The summed E-state index contributed by atoms with van der Waals surface area (Å²) in [6, 6.07) is 0. The van der Waals surface area contributed by atoms with Gasteiger partial charge in [-0.1, -0.05) is 77.0 Å². The lowest BCUT2D eigenvalue weighted by Gasteiger charge is -1.98. The van der Waals surface area contributed by atoms with Crippen molar-refractivity contribution in [3.05, 3.63) is 24.3 Å². The molecule has 0 saturated carbocycles. The Kier molecular flexibility index (Phi) is 14.0. The molecule has 0 aromatic carbocycles. The van der Waals surface area contributed by atoms with E-state index in [1.54, 1.807) is 0 Å². The van der Waals surface area contributed by atoms with Gasteiger partial charge in [0.1, 0.15) is 0 Å². The molecule has 0 rings (SSSR count). The second kappa shape index (κ2) is 14.5. The zero-order valence-corrected chi connectivity index (χ0v) is 11.3. The van der Waals surface area contributed by atoms with Gasteiger partial charge in [0.15, 0.2) is 0 Å². The molecule has 0 N–H and O–H groups in total. The second-order valence-electron chi connectivity index (χ2n) is 4.46. The van der Waals surface area contributed by atoms with E-state index in [9.17, 15) is 0 Å². The van der Waals surface area contributed by atoms with Crippen LogP contribution in [0.25, 0.3) is 0 Å². The summed E-state index contributed by atoms with van der Waals surface area (Å²) >= 11 is 0. The van der Waals surface area contributed by atoms with E-state index in [1.807, 2.05) is 0 Å². The third kappa shape index (κ3) is 13.5. The average molecular weight is 221 g/mol. The SMILES string of the molecule is CCC/[C]=C/C=CCCCCCCCCC. The van der Waals surface area contributed by atoms with Crippen molar-refractivity contribution >= 4 is 0 Å². The molecule has 0 aromatic heterocycles. The molecule has 16 heavy (non-hydrogen) atoms. The molecule has 0 atom stereocenters. The number of unbranched alkanes of at least 4 members (excludes halogenated alkanes) is 8. The molecule has 0 bridgehead atoms. The molecule has 0 heterocycles. The molecule has 0 aliphatic rings. The largest absolute Gasteiger partial charge is 0.0845 e. The molecule has 0 nitrogen and oxygen atoms in total. The van der Waals surface area contributed by atoms with E-state index >= 15 is 0 Å². The summed E-state index contributed by atoms with van der Waals surface area (Å²) in [4.78, 5) is 0. The lowest BCUT2D eigenvalue weighted by Crippen LogP contribution is -1.78. The van der Waals surface area contributed by atoms with Gasteiger partial charge in [0, 0.05) is 0 Å². The third-order valence-electron chi connectivity index (χ3n) is 2.72. The Morgan fingerprint density at radius 3 is 2.19 bits per heavy atom. The van der Waals surface area contributed by atoms with Gasteiger partial charge in [-0.15, -0.1) is 0 Å². The summed E-state index contributed by atoms with van der Waals surface area (Å²) < 4.78 is 0. The van der Waals surface area contributed by atoms with Gasteiger partial charge in [-0.3, -0.25) is 0 Å². The Balaban J connectivity index is 3.08. The van der Waals surface area contributed by atoms with Crippen molar-refractivity contribution < 1.29 is 0 Å². The van der Waals surface area contributed by atoms with E-state index in [0.29, 0.717) is 0 Å². The quantitative estimate of drug-likeness (QED) is 0.303. The minimum Gasteiger partial charge on any atom is -0.0845 e. The summed E-state index contributed by atoms with van der Waals surface area (Å²) in [5, 5.41) is 0. The predicted octanol–water partition coefficient (Wildman–Crippen LogP) is 5.84. The van der Waals surface area contributed by atoms with E-state index in [-0.39, 0.29) is 0 Å². The molecular formula is C16H29. The van der Waals surface area contributed by atoms with Crippen molar-refractivity contribution in [2.45, 2.75) is 78.1 Å². The van der Waals surface area contributed by atoms with Crippen molar-refractivity contribution in [3.63, 3.8) is 0 Å². The van der Waals surface area contributed by atoms with Crippen LogP contribution in [0.4, 0.5) is 0 Å². The van der Waals surface area contributed by atoms with Crippen molar-refractivity contribution in [2.24, 2.45) is 0 Å². The Morgan fingerprint density at radius 1 is 0.812 bits per heavy atom. The molecule has 0 unspecified atom stereocenters. The molecule has 0 aromatic rings. The molecule has 0 spiro atoms. The molecule has 0 saturated heterocycles. The average Bonchev–Trinajstić information content (AvgIpc) is 2.31. The summed E-state index contributed by atoms with van der Waals surface area (Å²) in [5.41, 5.74) is 0. The molecule has 0 heteroatoms. The van der Waals surface area contributed by atoms with E-state index in [0.717, 1.165) is 6.42 Å². The number of allylic oxidation sites excluding steroid dienone is 4. The first-order valence-electron chi connectivity index (χ1n) is 7.13. The molecule has 0 amide bonds. The van der Waals surface area contributed by atoms with Crippen LogP contribution in [0.15, 0.2) is 18.2 Å². The van der Waals surface area contributed by atoms with Crippen LogP contribution in [0.1, 0.15) is 78.1 Å². The van der Waals surface area contributed by atoms with Gasteiger partial charge in [-0.25, -0.2) is 0 Å². The van der Waals surface area contributed by atoms with Gasteiger partial charge in [0.05, 0.1) is 0 Å². The number of hydrogen-bond acceptors (Lipinski definition) is 0. The highest BCUT2D eigenvalue weighted by Gasteiger charge is 1.88. The smallest absolute Gasteiger partial charge is 0.0279 e. The van der Waals surface area contributed by atoms with Gasteiger partial charge in [0.25, 0.3) is 0 Å². The molecule has 93 valence electrons. The maximum Gasteiger partial charge on any atom is -0.0279 e. The highest BCUT2D eigenvalue weighted by molar-refractivity contribution is 4.98. The van der Waals surface area contributed by atoms with Gasteiger partial charge < -0.3 is 0 Å². The summed E-state index contributed by atoms with van der Waals surface area (Å²) in [6.07, 6.45) is 23.0. The first-order valence-corrected chi connectivity index (χ1v) is 7.13. The van der Waals surface area contributed by atoms with Crippen LogP contribution in [-0.4, -0.2) is 0 Å². The fourth-order valence-corrected chi connectivity index (χ4v) is 1.68. The zero-order valence-electron chi connectivity index (χ0n) is 11.3. The van der Waals surface area contributed by atoms with Crippen LogP contribution in [0, 0.1) is 6.08 Å². The molecule has 1 radical (unpaired) electrons. The molecular weight excluding hydrogens is 192 g/mol. The van der Waals surface area contributed by atoms with Gasteiger partial charge in [-0.05, 0) is 25.3 Å². The number of rotatable bonds is 11. The Morgan fingerprint density at radius 2 is 1.50 bits per heavy atom. The molecule has 0 aliphatic heterocycles. The zero-order chi connectivity index (χ0) is 11.9. The van der Waals surface area contributed by atoms with Crippen LogP contribution < -0.4 is 0 Å². The topological polar surface area (TPSA) is 0 Å². The maximum absolute atomic E-state index is 3.25. The monoisotopic (exact) mass is 221 g/mol. The Labute approximate surface area is 103 Å². The van der Waals surface area contributed by atoms with E-state index in [2.05, 4.69) is 38.2 Å². The van der Waals surface area contributed by atoms with Crippen molar-refractivity contribution in [2.75, 3.05) is 0 Å². The van der Waals surface area contributed by atoms with Crippen LogP contribution in [0.5, 0.6) is 0 Å². The normalized spacial score (nSPS) is 11.9. The standard InChI is InChI=1S/C16H29/c1-3-5-7-9-11-13-15-16-14-12-10-8-6-4-2/h10,12,14H,3-7,9,11,13,15-16H2,1-2H3. The van der Waals surface area contributed by atoms with E-state index in [1.165, 1.54) is 57.8 Å². The Hall–Kier alpha value is -0.520. The maximum atomic E-state index is 3.25. The highest BCUT2D eigenvalue weighted by Crippen LogP contribution is 2.08. The van der Waals surface area contributed by atoms with Crippen LogP contribution in [0.2, 0.25) is 0 Å². The first-order chi connectivity index (χ1) is 7.91. The van der Waals surface area contributed by atoms with Crippen LogP contribution >= 0.6 is 0 Å². The van der Waals surface area contributed by atoms with Crippen molar-refractivity contribution in [1.29, 1.82) is 0 Å². The fourth-order valence-electron chi connectivity index (χ4n) is 1.68. The van der Waals surface area contributed by atoms with Gasteiger partial charge >= 0.3 is 0 Å². The van der Waals surface area contributed by atoms with E-state index in [4.69, 9.17) is 0 Å². The lowest BCUT2D eigenvalue weighted by atomic mass is 10.1. The van der Waals surface area contributed by atoms with Crippen molar-refractivity contribution in [3.8, 4) is 0 Å². The first kappa shape index (κ1) is 15.5. The number of hydrogen-bond donors (Lipinski definition) is 0. The highest BCUT2D eigenvalue weighted by atomic mass is 13.9. The molecule has 0 fully saturated rings. The summed E-state index contributed by atoms with van der Waals surface area (Å²) in [6.45, 7) is 4.46. The minimum absolute atomic E-state index is 1.09. The van der Waals surface area contributed by atoms with Crippen molar-refractivity contribution in [1.82, 2.24) is 0 Å². The minimum atomic E-state index is 1.09.